The van der Waals surface area contributed by atoms with Crippen molar-refractivity contribution in [1.29, 1.82) is 15.9 Å². The molecule has 6 nitrogen and oxygen atoms in total. The Kier molecular flexibility index (Phi) is 2.84. The van der Waals surface area contributed by atoms with Crippen molar-refractivity contribution < 1.29 is 9.59 Å². The first-order valence-electron chi connectivity index (χ1n) is 6.34. The summed E-state index contributed by atoms with van der Waals surface area (Å²) < 4.78 is 0. The number of carbonyl (C=O) groups is 2. The van der Waals surface area contributed by atoms with E-state index < -0.39 is 23.3 Å². The fraction of sp³-hybridized carbons (Fsp3) is 0.0625. The van der Waals surface area contributed by atoms with Crippen LogP contribution in [0.25, 0.3) is 10.8 Å². The largest absolute Gasteiger partial charge is 0.317 e. The van der Waals surface area contributed by atoms with Crippen molar-refractivity contribution in [3.05, 3.63) is 46.5 Å². The summed E-state index contributed by atoms with van der Waals surface area (Å²) >= 11 is 0. The minimum atomic E-state index is -1.20. The maximum Gasteiger partial charge on any atom is 0.248 e. The molecule has 1 atom stereocenters. The van der Waals surface area contributed by atoms with Gasteiger partial charge in [0.05, 0.1) is 23.2 Å². The normalized spacial score (nSPS) is 17.0. The molecule has 2 aromatic rings. The molecule has 0 heterocycles. The Labute approximate surface area is 124 Å². The van der Waals surface area contributed by atoms with Crippen molar-refractivity contribution in [2.75, 3.05) is 0 Å². The van der Waals surface area contributed by atoms with E-state index in [4.69, 9.17) is 11.1 Å². The summed E-state index contributed by atoms with van der Waals surface area (Å²) in [5.74, 6) is -1.87. The molecule has 6 heteroatoms. The molecule has 0 saturated carbocycles. The van der Waals surface area contributed by atoms with Gasteiger partial charge in [0.1, 0.15) is 11.8 Å². The minimum absolute atomic E-state index is 0.0333. The Morgan fingerprint density at radius 3 is 2.55 bits per heavy atom. The molecular formula is C16H8N4O2. The summed E-state index contributed by atoms with van der Waals surface area (Å²) in [7, 11) is 0. The number of nitrogens with zero attached hydrogens (tertiary/aromatic N) is 2. The van der Waals surface area contributed by atoms with Crippen LogP contribution in [0.5, 0.6) is 0 Å². The molecule has 0 fully saturated rings. The average molecular weight is 288 g/mol. The molecule has 3 rings (SSSR count). The highest BCUT2D eigenvalue weighted by Gasteiger charge is 2.38. The molecule has 2 aromatic carbocycles. The molecule has 1 unspecified atom stereocenters. The van der Waals surface area contributed by atoms with Crippen molar-refractivity contribution in [3.8, 4) is 12.1 Å². The van der Waals surface area contributed by atoms with Crippen molar-refractivity contribution >= 4 is 28.1 Å². The van der Waals surface area contributed by atoms with E-state index in [-0.39, 0.29) is 22.3 Å². The first-order chi connectivity index (χ1) is 10.5. The third kappa shape index (κ3) is 1.59. The highest BCUT2D eigenvalue weighted by Crippen LogP contribution is 2.34. The topological polar surface area (TPSA) is 132 Å². The standard InChI is InChI=1S/C16H8N4O2/c17-5-8-3-1-2-7-4-9-12(10(6-18)11(7)8)14(20)16(22)15(21)13(9)19/h1-4,13,20H,19H2. The number of carbonyl (C=O) groups excluding carboxylic acids is 2. The predicted octanol–water partition coefficient (Wildman–Crippen LogP) is 1.10. The zero-order chi connectivity index (χ0) is 16.0. The van der Waals surface area contributed by atoms with Crippen molar-refractivity contribution in [2.24, 2.45) is 5.73 Å². The summed E-state index contributed by atoms with van der Waals surface area (Å²) in [4.78, 5) is 23.6. The lowest BCUT2D eigenvalue weighted by Crippen LogP contribution is -2.40. The number of hydrogen-bond acceptors (Lipinski definition) is 6. The van der Waals surface area contributed by atoms with Gasteiger partial charge in [-0.3, -0.25) is 15.0 Å². The van der Waals surface area contributed by atoms with Crippen LogP contribution < -0.4 is 5.73 Å². The second-order valence-corrected chi connectivity index (χ2v) is 4.89. The predicted molar refractivity (Wildman–Crippen MR) is 77.1 cm³/mol. The Morgan fingerprint density at radius 2 is 1.91 bits per heavy atom. The van der Waals surface area contributed by atoms with Crippen LogP contribution in [-0.2, 0) is 9.59 Å². The van der Waals surface area contributed by atoms with Crippen LogP contribution in [0, 0.1) is 28.1 Å². The third-order valence-electron chi connectivity index (χ3n) is 3.75. The fourth-order valence-electron chi connectivity index (χ4n) is 2.72. The zero-order valence-electron chi connectivity index (χ0n) is 11.2. The second kappa shape index (κ2) is 4.59. The van der Waals surface area contributed by atoms with E-state index in [2.05, 4.69) is 0 Å². The van der Waals surface area contributed by atoms with Gasteiger partial charge in [0.2, 0.25) is 11.6 Å². The Hall–Kier alpha value is -3.35. The monoisotopic (exact) mass is 288 g/mol. The molecule has 22 heavy (non-hydrogen) atoms. The highest BCUT2D eigenvalue weighted by molar-refractivity contribution is 6.70. The maximum atomic E-state index is 11.8. The molecule has 0 bridgehead atoms. The first-order valence-corrected chi connectivity index (χ1v) is 6.34. The zero-order valence-corrected chi connectivity index (χ0v) is 11.2. The lowest BCUT2D eigenvalue weighted by atomic mass is 9.80. The number of nitriles is 2. The van der Waals surface area contributed by atoms with E-state index >= 15 is 0 Å². The summed E-state index contributed by atoms with van der Waals surface area (Å²) in [6.07, 6.45) is 0. The van der Waals surface area contributed by atoms with Gasteiger partial charge in [-0.25, -0.2) is 0 Å². The van der Waals surface area contributed by atoms with E-state index in [1.807, 2.05) is 12.1 Å². The Balaban J connectivity index is 2.56. The SMILES string of the molecule is N#Cc1cccc2cc3c(c(C#N)c12)C(=N)C(=O)C(=O)C3N. The van der Waals surface area contributed by atoms with Crippen LogP contribution in [0.3, 0.4) is 0 Å². The molecule has 0 aliphatic heterocycles. The van der Waals surface area contributed by atoms with Crippen LogP contribution in [-0.4, -0.2) is 17.3 Å². The van der Waals surface area contributed by atoms with Crippen LogP contribution >= 0.6 is 0 Å². The van der Waals surface area contributed by atoms with Crippen molar-refractivity contribution in [3.63, 3.8) is 0 Å². The van der Waals surface area contributed by atoms with Crippen LogP contribution in [0.4, 0.5) is 0 Å². The van der Waals surface area contributed by atoms with E-state index in [0.717, 1.165) is 0 Å². The van der Waals surface area contributed by atoms with E-state index in [0.29, 0.717) is 10.8 Å². The average Bonchev–Trinajstić information content (AvgIpc) is 2.55. The molecule has 0 spiro atoms. The van der Waals surface area contributed by atoms with Crippen molar-refractivity contribution in [2.45, 2.75) is 6.04 Å². The smallest absolute Gasteiger partial charge is 0.248 e. The molecule has 0 aromatic heterocycles. The number of Topliss-reactive ketones (excluding diaryl/α,β-unsaturated/α-hetero) is 2. The molecule has 0 radical (unpaired) electrons. The van der Waals surface area contributed by atoms with Crippen LogP contribution in [0.1, 0.15) is 28.3 Å². The van der Waals surface area contributed by atoms with Gasteiger partial charge in [-0.15, -0.1) is 0 Å². The molecule has 3 N–H and O–H groups in total. The number of benzene rings is 2. The summed E-state index contributed by atoms with van der Waals surface area (Å²) in [5.41, 5.74) is 5.86. The number of rotatable bonds is 0. The Bertz CT molecular complexity index is 976. The van der Waals surface area contributed by atoms with Gasteiger partial charge in [0.25, 0.3) is 0 Å². The molecule has 0 amide bonds. The van der Waals surface area contributed by atoms with E-state index in [9.17, 15) is 20.1 Å². The molecule has 104 valence electrons. The summed E-state index contributed by atoms with van der Waals surface area (Å²) in [5, 5.41) is 27.5. The second-order valence-electron chi connectivity index (χ2n) is 4.89. The molecular weight excluding hydrogens is 280 g/mol. The van der Waals surface area contributed by atoms with Gasteiger partial charge in [-0.1, -0.05) is 12.1 Å². The van der Waals surface area contributed by atoms with E-state index in [1.165, 1.54) is 0 Å². The van der Waals surface area contributed by atoms with E-state index in [1.54, 1.807) is 24.3 Å². The van der Waals surface area contributed by atoms with Gasteiger partial charge in [-0.05, 0) is 23.1 Å². The lowest BCUT2D eigenvalue weighted by molar-refractivity contribution is -0.134. The number of hydrogen-bond donors (Lipinski definition) is 2. The van der Waals surface area contributed by atoms with Gasteiger partial charge in [-0.2, -0.15) is 10.5 Å². The number of ketones is 2. The van der Waals surface area contributed by atoms with Crippen LogP contribution in [0.15, 0.2) is 24.3 Å². The maximum absolute atomic E-state index is 11.8. The summed E-state index contributed by atoms with van der Waals surface area (Å²) in [6.45, 7) is 0. The quantitative estimate of drug-likeness (QED) is 0.700. The van der Waals surface area contributed by atoms with Crippen LogP contribution in [0.2, 0.25) is 0 Å². The number of nitrogens with two attached hydrogens (primary N) is 1. The first kappa shape index (κ1) is 13.6. The van der Waals surface area contributed by atoms with Gasteiger partial charge < -0.3 is 5.73 Å². The number of nitrogens with one attached hydrogen (secondary N) is 1. The fourth-order valence-corrected chi connectivity index (χ4v) is 2.72. The Morgan fingerprint density at radius 1 is 1.18 bits per heavy atom. The molecule has 1 aliphatic carbocycles. The van der Waals surface area contributed by atoms with Gasteiger partial charge >= 0.3 is 0 Å². The summed E-state index contributed by atoms with van der Waals surface area (Å²) in [6, 6.07) is 9.20. The van der Waals surface area contributed by atoms with Gasteiger partial charge in [0, 0.05) is 10.9 Å². The molecule has 1 aliphatic rings. The number of fused-ring (bicyclic) bond motifs is 2. The third-order valence-corrected chi connectivity index (χ3v) is 3.75. The van der Waals surface area contributed by atoms with Gasteiger partial charge in [0.15, 0.2) is 0 Å². The minimum Gasteiger partial charge on any atom is -0.317 e. The molecule has 0 saturated heterocycles. The highest BCUT2D eigenvalue weighted by atomic mass is 16.2. The van der Waals surface area contributed by atoms with Crippen molar-refractivity contribution in [1.82, 2.24) is 0 Å². The lowest BCUT2D eigenvalue weighted by Gasteiger charge is -2.23.